The normalized spacial score (nSPS) is 19.6. The van der Waals surface area contributed by atoms with Gasteiger partial charge in [0.1, 0.15) is 5.75 Å². The molecule has 0 radical (unpaired) electrons. The highest BCUT2D eigenvalue weighted by molar-refractivity contribution is 7.89. The van der Waals surface area contributed by atoms with Crippen LogP contribution in [0.25, 0.3) is 0 Å². The van der Waals surface area contributed by atoms with Crippen LogP contribution in [0.1, 0.15) is 30.9 Å². The van der Waals surface area contributed by atoms with Crippen LogP contribution < -0.4 is 9.46 Å². The van der Waals surface area contributed by atoms with Crippen molar-refractivity contribution in [2.45, 2.75) is 38.8 Å². The lowest BCUT2D eigenvalue weighted by molar-refractivity contribution is 0.102. The molecule has 7 heteroatoms. The number of aryl methyl sites for hydroxylation is 1. The molecule has 1 N–H and O–H groups in total. The van der Waals surface area contributed by atoms with Crippen LogP contribution in [0.4, 0.5) is 0 Å². The molecule has 0 aliphatic carbocycles. The molecule has 0 amide bonds. The lowest BCUT2D eigenvalue weighted by Crippen LogP contribution is -2.52. The van der Waals surface area contributed by atoms with Crippen LogP contribution in [0.5, 0.6) is 5.75 Å². The maximum absolute atomic E-state index is 12.2. The van der Waals surface area contributed by atoms with E-state index >= 15 is 0 Å². The first-order chi connectivity index (χ1) is 15.0. The van der Waals surface area contributed by atoms with Crippen LogP contribution >= 0.6 is 0 Å². The van der Waals surface area contributed by atoms with Gasteiger partial charge in [-0.2, -0.15) is 5.26 Å². The lowest BCUT2D eigenvalue weighted by atomic mass is 9.93. The van der Waals surface area contributed by atoms with Crippen molar-refractivity contribution < 1.29 is 13.2 Å². The molecule has 0 spiro atoms. The SMILES string of the molecule is CCS(=O)(=O)NC1CCN(Cc2ccccc2)CC1COc1ccc(CCC#N)cc1. The Labute approximate surface area is 185 Å². The molecule has 2 aromatic carbocycles. The zero-order chi connectivity index (χ0) is 22.1. The van der Waals surface area contributed by atoms with Gasteiger partial charge >= 0.3 is 0 Å². The Morgan fingerprint density at radius 1 is 1.13 bits per heavy atom. The smallest absolute Gasteiger partial charge is 0.211 e. The van der Waals surface area contributed by atoms with Crippen molar-refractivity contribution in [3.05, 3.63) is 65.7 Å². The zero-order valence-electron chi connectivity index (χ0n) is 18.0. The molecule has 6 nitrogen and oxygen atoms in total. The number of nitrogens with one attached hydrogen (secondary N) is 1. The second-order valence-electron chi connectivity index (χ2n) is 8.01. The van der Waals surface area contributed by atoms with Gasteiger partial charge in [0, 0.05) is 38.0 Å². The van der Waals surface area contributed by atoms with E-state index in [-0.39, 0.29) is 17.7 Å². The first-order valence-electron chi connectivity index (χ1n) is 10.8. The highest BCUT2D eigenvalue weighted by atomic mass is 32.2. The fourth-order valence-electron chi connectivity index (χ4n) is 3.89. The minimum absolute atomic E-state index is 0.0528. The molecular weight excluding hydrogens is 410 g/mol. The van der Waals surface area contributed by atoms with Crippen LogP contribution in [-0.2, 0) is 23.0 Å². The summed E-state index contributed by atoms with van der Waals surface area (Å²) < 4.78 is 33.3. The summed E-state index contributed by atoms with van der Waals surface area (Å²) in [5, 5.41) is 8.72. The second kappa shape index (κ2) is 11.3. The number of sulfonamides is 1. The number of hydrogen-bond acceptors (Lipinski definition) is 5. The van der Waals surface area contributed by atoms with Gasteiger partial charge in [-0.15, -0.1) is 0 Å². The molecule has 166 valence electrons. The van der Waals surface area contributed by atoms with E-state index in [4.69, 9.17) is 10.00 Å². The first-order valence-corrected chi connectivity index (χ1v) is 12.5. The quantitative estimate of drug-likeness (QED) is 0.611. The average Bonchev–Trinajstić information content (AvgIpc) is 2.79. The van der Waals surface area contributed by atoms with Crippen molar-refractivity contribution >= 4 is 10.0 Å². The standard InChI is InChI=1S/C24H31N3O3S/c1-2-31(28,29)26-24-14-16-27(17-21-7-4-3-5-8-21)18-22(24)19-30-23-12-10-20(11-13-23)9-6-15-25/h3-5,7-8,10-13,22,24,26H,2,6,9,14,16-19H2,1H3. The summed E-state index contributed by atoms with van der Waals surface area (Å²) in [7, 11) is -3.28. The number of nitriles is 1. The van der Waals surface area contributed by atoms with Crippen molar-refractivity contribution in [3.8, 4) is 11.8 Å². The number of hydrogen-bond donors (Lipinski definition) is 1. The maximum Gasteiger partial charge on any atom is 0.211 e. The summed E-state index contributed by atoms with van der Waals surface area (Å²) in [6.45, 7) is 4.56. The van der Waals surface area contributed by atoms with Gasteiger partial charge in [-0.1, -0.05) is 42.5 Å². The molecule has 31 heavy (non-hydrogen) atoms. The fraction of sp³-hybridized carbons (Fsp3) is 0.458. The average molecular weight is 442 g/mol. The molecule has 1 heterocycles. The number of benzene rings is 2. The molecule has 1 aliphatic rings. The molecule has 0 saturated carbocycles. The number of piperidine rings is 1. The summed E-state index contributed by atoms with van der Waals surface area (Å²) in [5.74, 6) is 0.893. The molecule has 3 rings (SSSR count). The van der Waals surface area contributed by atoms with Gasteiger partial charge < -0.3 is 4.74 Å². The highest BCUT2D eigenvalue weighted by Gasteiger charge is 2.32. The highest BCUT2D eigenvalue weighted by Crippen LogP contribution is 2.22. The third-order valence-corrected chi connectivity index (χ3v) is 7.11. The molecule has 2 atom stereocenters. The minimum Gasteiger partial charge on any atom is -0.493 e. The van der Waals surface area contributed by atoms with E-state index in [2.05, 4.69) is 27.8 Å². The number of ether oxygens (including phenoxy) is 1. The third kappa shape index (κ3) is 7.35. The van der Waals surface area contributed by atoms with Gasteiger partial charge in [0.2, 0.25) is 10.0 Å². The Morgan fingerprint density at radius 2 is 1.87 bits per heavy atom. The van der Waals surface area contributed by atoms with Crippen LogP contribution in [0.15, 0.2) is 54.6 Å². The predicted octanol–water partition coefficient (Wildman–Crippen LogP) is 3.35. The van der Waals surface area contributed by atoms with Gasteiger partial charge in [0.25, 0.3) is 0 Å². The van der Waals surface area contributed by atoms with E-state index < -0.39 is 10.0 Å². The van der Waals surface area contributed by atoms with Crippen molar-refractivity contribution in [2.24, 2.45) is 5.92 Å². The van der Waals surface area contributed by atoms with Gasteiger partial charge in [-0.3, -0.25) is 4.90 Å². The molecule has 1 aliphatic heterocycles. The van der Waals surface area contributed by atoms with Gasteiger partial charge in [0.05, 0.1) is 18.4 Å². The van der Waals surface area contributed by atoms with E-state index in [1.54, 1.807) is 6.92 Å². The summed E-state index contributed by atoms with van der Waals surface area (Å²) in [6.07, 6.45) is 1.99. The second-order valence-corrected chi connectivity index (χ2v) is 10.1. The van der Waals surface area contributed by atoms with Crippen LogP contribution in [0.2, 0.25) is 0 Å². The molecular formula is C24H31N3O3S. The molecule has 1 fully saturated rings. The first kappa shape index (κ1) is 23.3. The Morgan fingerprint density at radius 3 is 2.55 bits per heavy atom. The lowest BCUT2D eigenvalue weighted by Gasteiger charge is -2.38. The van der Waals surface area contributed by atoms with Gasteiger partial charge in [-0.05, 0) is 43.0 Å². The Hall–Kier alpha value is -2.40. The van der Waals surface area contributed by atoms with E-state index in [1.807, 2.05) is 42.5 Å². The van der Waals surface area contributed by atoms with Gasteiger partial charge in [-0.25, -0.2) is 13.1 Å². The largest absolute Gasteiger partial charge is 0.493 e. The Kier molecular flexibility index (Phi) is 8.47. The summed E-state index contributed by atoms with van der Waals surface area (Å²) in [5.41, 5.74) is 2.36. The minimum atomic E-state index is -3.28. The summed E-state index contributed by atoms with van der Waals surface area (Å²) in [6, 6.07) is 20.1. The topological polar surface area (TPSA) is 82.4 Å². The monoisotopic (exact) mass is 441 g/mol. The Bertz CT molecular complexity index is 956. The number of likely N-dealkylation sites (tertiary alicyclic amines) is 1. The van der Waals surface area contributed by atoms with Crippen molar-refractivity contribution in [1.29, 1.82) is 5.26 Å². The predicted molar refractivity (Wildman–Crippen MR) is 122 cm³/mol. The van der Waals surface area contributed by atoms with Crippen LogP contribution in [-0.4, -0.2) is 44.8 Å². The zero-order valence-corrected chi connectivity index (χ0v) is 18.9. The molecule has 0 bridgehead atoms. The van der Waals surface area contributed by atoms with Crippen molar-refractivity contribution in [2.75, 3.05) is 25.4 Å². The van der Waals surface area contributed by atoms with E-state index in [0.717, 1.165) is 43.8 Å². The Balaban J connectivity index is 1.64. The summed E-state index contributed by atoms with van der Waals surface area (Å²) >= 11 is 0. The van der Waals surface area contributed by atoms with Crippen LogP contribution in [0.3, 0.4) is 0 Å². The van der Waals surface area contributed by atoms with Crippen molar-refractivity contribution in [1.82, 2.24) is 9.62 Å². The van der Waals surface area contributed by atoms with E-state index in [9.17, 15) is 8.42 Å². The number of rotatable bonds is 10. The fourth-order valence-corrected chi connectivity index (χ4v) is 4.82. The molecule has 2 aromatic rings. The van der Waals surface area contributed by atoms with Gasteiger partial charge in [0.15, 0.2) is 0 Å². The third-order valence-electron chi connectivity index (χ3n) is 5.69. The number of nitrogens with zero attached hydrogens (tertiary/aromatic N) is 2. The summed E-state index contributed by atoms with van der Waals surface area (Å²) in [4.78, 5) is 2.37. The molecule has 1 saturated heterocycles. The van der Waals surface area contributed by atoms with E-state index in [0.29, 0.717) is 13.0 Å². The molecule has 2 unspecified atom stereocenters. The molecule has 0 aromatic heterocycles. The maximum atomic E-state index is 12.2. The van der Waals surface area contributed by atoms with Crippen molar-refractivity contribution in [3.63, 3.8) is 0 Å². The van der Waals surface area contributed by atoms with E-state index in [1.165, 1.54) is 5.56 Å². The van der Waals surface area contributed by atoms with Crippen LogP contribution in [0, 0.1) is 17.2 Å².